The van der Waals surface area contributed by atoms with Crippen LogP contribution in [-0.2, 0) is 46.4 Å². The molecule has 0 aromatic heterocycles. The molecule has 0 saturated carbocycles. The predicted molar refractivity (Wildman–Crippen MR) is 314 cm³/mol. The molecular formula is C63H86N6O16. The fraction of sp³-hybridized carbons (Fsp3) is 0.635. The van der Waals surface area contributed by atoms with Crippen molar-refractivity contribution >= 4 is 47.2 Å². The van der Waals surface area contributed by atoms with Crippen molar-refractivity contribution in [1.82, 2.24) is 14.7 Å². The Bertz CT molecular complexity index is 2770. The maximum absolute atomic E-state index is 14.7. The van der Waals surface area contributed by atoms with Gasteiger partial charge in [-0.1, -0.05) is 0 Å². The van der Waals surface area contributed by atoms with E-state index in [1.54, 1.807) is 80.5 Å². The number of hydrogen-bond acceptors (Lipinski definition) is 17. The number of fused-ring (bicyclic) bond motifs is 4. The lowest BCUT2D eigenvalue weighted by Gasteiger charge is -2.39. The van der Waals surface area contributed by atoms with Gasteiger partial charge in [0, 0.05) is 70.3 Å². The molecule has 7 aliphatic heterocycles. The Morgan fingerprint density at radius 3 is 1.31 bits per heavy atom. The first kappa shape index (κ1) is 61.3. The van der Waals surface area contributed by atoms with Crippen molar-refractivity contribution in [2.75, 3.05) is 81.4 Å². The van der Waals surface area contributed by atoms with Crippen LogP contribution in [0.15, 0.2) is 42.5 Å². The van der Waals surface area contributed by atoms with E-state index in [0.29, 0.717) is 78.2 Å². The van der Waals surface area contributed by atoms with Gasteiger partial charge in [0.15, 0.2) is 48.0 Å². The minimum absolute atomic E-state index is 0.0161. The second-order valence-corrected chi connectivity index (χ2v) is 25.8. The van der Waals surface area contributed by atoms with Gasteiger partial charge in [-0.05, 0) is 168 Å². The second-order valence-electron chi connectivity index (χ2n) is 25.8. The lowest BCUT2D eigenvalue weighted by Crippen LogP contribution is -2.54. The first-order chi connectivity index (χ1) is 40.4. The molecule has 7 aliphatic rings. The van der Waals surface area contributed by atoms with Crippen LogP contribution in [0, 0.1) is 0 Å². The number of rotatable bonds is 13. The molecule has 3 aromatic rings. The van der Waals surface area contributed by atoms with Crippen LogP contribution < -0.4 is 33.6 Å². The molecular weight excluding hydrogens is 1100 g/mol. The summed E-state index contributed by atoms with van der Waals surface area (Å²) in [7, 11) is 3.00. The number of methoxy groups -OCH3 is 2. The van der Waals surface area contributed by atoms with E-state index < -0.39 is 66.1 Å². The van der Waals surface area contributed by atoms with Gasteiger partial charge in [0.2, 0.25) is 0 Å². The van der Waals surface area contributed by atoms with Crippen LogP contribution in [0.2, 0.25) is 0 Å². The molecule has 10 rings (SSSR count). The normalized spacial score (nSPS) is 23.7. The van der Waals surface area contributed by atoms with Crippen LogP contribution in [-0.4, -0.2) is 165 Å². The molecule has 0 N–H and O–H groups in total. The Labute approximate surface area is 499 Å². The summed E-state index contributed by atoms with van der Waals surface area (Å²) in [4.78, 5) is 82.3. The largest absolute Gasteiger partial charge is 0.493 e. The number of piperazine rings is 1. The molecule has 7 heterocycles. The highest BCUT2D eigenvalue weighted by atomic mass is 16.7. The van der Waals surface area contributed by atoms with E-state index in [2.05, 4.69) is 4.90 Å². The Morgan fingerprint density at radius 2 is 0.918 bits per heavy atom. The van der Waals surface area contributed by atoms with Crippen LogP contribution in [0.3, 0.4) is 0 Å². The smallest absolute Gasteiger partial charge is 0.417 e. The van der Waals surface area contributed by atoms with Gasteiger partial charge >= 0.3 is 18.3 Å². The molecule has 85 heavy (non-hydrogen) atoms. The topological polar surface area (TPSA) is 206 Å². The fourth-order valence-electron chi connectivity index (χ4n) is 12.2. The Kier molecular flexibility index (Phi) is 18.3. The molecule has 0 aliphatic carbocycles. The lowest BCUT2D eigenvalue weighted by atomic mass is 10.1. The number of nitrogens with zero attached hydrogens (tertiary/aromatic N) is 6. The molecule has 0 bridgehead atoms. The Hall–Kier alpha value is -6.75. The monoisotopic (exact) mass is 1180 g/mol. The molecule has 22 nitrogen and oxygen atoms in total. The lowest BCUT2D eigenvalue weighted by molar-refractivity contribution is -0.196. The molecule has 5 saturated heterocycles. The maximum Gasteiger partial charge on any atom is 0.417 e. The quantitative estimate of drug-likeness (QED) is 0.146. The first-order valence-electron chi connectivity index (χ1n) is 30.2. The molecule has 22 heteroatoms. The predicted octanol–water partition coefficient (Wildman–Crippen LogP) is 10.4. The number of carbonyl (C=O) groups excluding carboxylic acids is 5. The van der Waals surface area contributed by atoms with Gasteiger partial charge in [0.25, 0.3) is 11.8 Å². The highest BCUT2D eigenvalue weighted by molar-refractivity contribution is 6.07. The number of ether oxygens (including phenoxy) is 11. The second kappa shape index (κ2) is 25.3. The third-order valence-electron chi connectivity index (χ3n) is 16.0. The Balaban J connectivity index is 1.00. The summed E-state index contributed by atoms with van der Waals surface area (Å²) in [5.41, 5.74) is 0.799. The molecule has 5 fully saturated rings. The van der Waals surface area contributed by atoms with Crippen LogP contribution in [0.4, 0.5) is 31.4 Å². The number of carbonyl (C=O) groups is 5. The Morgan fingerprint density at radius 1 is 0.494 bits per heavy atom. The van der Waals surface area contributed by atoms with Gasteiger partial charge in [-0.15, -0.1) is 0 Å². The van der Waals surface area contributed by atoms with Crippen molar-refractivity contribution in [2.24, 2.45) is 0 Å². The average Bonchev–Trinajstić information content (AvgIpc) is 1.91. The zero-order valence-corrected chi connectivity index (χ0v) is 51.4. The summed E-state index contributed by atoms with van der Waals surface area (Å²) in [5, 5.41) is 0. The van der Waals surface area contributed by atoms with E-state index >= 15 is 0 Å². The van der Waals surface area contributed by atoms with E-state index in [0.717, 1.165) is 55.3 Å². The first-order valence-corrected chi connectivity index (χ1v) is 30.2. The van der Waals surface area contributed by atoms with Gasteiger partial charge in [-0.2, -0.15) is 0 Å². The zero-order valence-electron chi connectivity index (χ0n) is 51.4. The molecule has 0 radical (unpaired) electrons. The number of hydrogen-bond donors (Lipinski definition) is 0. The van der Waals surface area contributed by atoms with Gasteiger partial charge in [0.1, 0.15) is 30.0 Å². The molecule has 2 unspecified atom stereocenters. The molecule has 3 aromatic carbocycles. The highest BCUT2D eigenvalue weighted by Gasteiger charge is 2.50. The van der Waals surface area contributed by atoms with Gasteiger partial charge in [-0.3, -0.25) is 9.59 Å². The van der Waals surface area contributed by atoms with E-state index in [1.165, 1.54) is 24.0 Å². The zero-order chi connectivity index (χ0) is 60.5. The van der Waals surface area contributed by atoms with E-state index in [1.807, 2.05) is 39.0 Å². The number of amides is 5. The van der Waals surface area contributed by atoms with Crippen molar-refractivity contribution in [3.05, 3.63) is 64.7 Å². The van der Waals surface area contributed by atoms with E-state index in [9.17, 15) is 24.0 Å². The van der Waals surface area contributed by atoms with Gasteiger partial charge < -0.3 is 71.7 Å². The van der Waals surface area contributed by atoms with Crippen LogP contribution in [0.5, 0.6) is 23.0 Å². The third kappa shape index (κ3) is 14.1. The standard InChI is InChI=1S/C63H86N6O16/c1-61(2,3)83-58(72)65-26-24-64(25-27-65)41-31-39(37-79-50-35-46-42(33-48(50)75-10)54(70)66-22-16-18-44(66)56(81-52-20-12-14-28-77-52)68(46)59(73)84-62(4,5)6)30-40(32-41)38-80-51-36-47-43(34-49(51)76-11)55(71)67-23-17-19-45(67)57(82-53-21-13-15-29-78-53)69(47)60(74)85-63(7,8)9/h30-36,44-45,52-53,56-57H,12-29,37-38H2,1-11H3/t44-,45-,52?,53?,56-,57-/m0/s1. The van der Waals surface area contributed by atoms with E-state index in [-0.39, 0.29) is 76.6 Å². The molecule has 464 valence electrons. The molecule has 6 atom stereocenters. The number of benzene rings is 3. The van der Waals surface area contributed by atoms with Crippen LogP contribution in [0.25, 0.3) is 0 Å². The van der Waals surface area contributed by atoms with Crippen molar-refractivity contribution in [2.45, 2.75) is 194 Å². The summed E-state index contributed by atoms with van der Waals surface area (Å²) in [6, 6.07) is 11.5. The summed E-state index contributed by atoms with van der Waals surface area (Å²) in [6.45, 7) is 20.0. The average molecular weight is 1180 g/mol. The van der Waals surface area contributed by atoms with Gasteiger partial charge in [0.05, 0.1) is 48.8 Å². The van der Waals surface area contributed by atoms with Crippen molar-refractivity contribution in [3.63, 3.8) is 0 Å². The van der Waals surface area contributed by atoms with Gasteiger partial charge in [-0.25, -0.2) is 24.2 Å². The third-order valence-corrected chi connectivity index (χ3v) is 16.0. The van der Waals surface area contributed by atoms with Crippen LogP contribution in [0.1, 0.15) is 158 Å². The molecule has 0 spiro atoms. The number of anilines is 3. The summed E-state index contributed by atoms with van der Waals surface area (Å²) >= 11 is 0. The summed E-state index contributed by atoms with van der Waals surface area (Å²) < 4.78 is 69.0. The summed E-state index contributed by atoms with van der Waals surface area (Å²) in [5.74, 6) is 0.509. The fourth-order valence-corrected chi connectivity index (χ4v) is 12.2. The highest BCUT2D eigenvalue weighted by Crippen LogP contribution is 2.46. The minimum Gasteiger partial charge on any atom is -0.493 e. The minimum atomic E-state index is -0.940. The van der Waals surface area contributed by atoms with Crippen molar-refractivity contribution in [1.29, 1.82) is 0 Å². The van der Waals surface area contributed by atoms with Crippen LogP contribution >= 0.6 is 0 Å². The van der Waals surface area contributed by atoms with Crippen molar-refractivity contribution < 1.29 is 76.1 Å². The molecule has 5 amide bonds. The van der Waals surface area contributed by atoms with E-state index in [4.69, 9.17) is 52.1 Å². The summed E-state index contributed by atoms with van der Waals surface area (Å²) in [6.07, 6.45) is 2.68. The van der Waals surface area contributed by atoms with Crippen molar-refractivity contribution in [3.8, 4) is 23.0 Å². The maximum atomic E-state index is 14.7. The SMILES string of the molecule is COc1cc2c(cc1OCc1cc(COc3cc4c(cc3OC)C(=O)N3CCC[C@H]3[C@H](OC3CCCCO3)N4C(=O)OC(C)(C)C)cc(N3CCN(C(=O)OC(C)(C)C)CC3)c1)N(C(=O)OC(C)(C)C)[C@@H](OC1CCCCO1)[C@@H]1CCCN1C2=O.